The maximum Gasteiger partial charge on any atom is 0.250 e. The van der Waals surface area contributed by atoms with Crippen LogP contribution in [0.3, 0.4) is 0 Å². The normalized spacial score (nSPS) is 31.7. The summed E-state index contributed by atoms with van der Waals surface area (Å²) in [5.74, 6) is -1.76. The molecular weight excluding hydrogens is 294 g/mol. The molecule has 0 bridgehead atoms. The second-order valence-electron chi connectivity index (χ2n) is 7.87. The van der Waals surface area contributed by atoms with Crippen LogP contribution in [0.25, 0.3) is 0 Å². The van der Waals surface area contributed by atoms with Crippen LogP contribution in [0, 0.1) is 5.41 Å². The number of hydrogen-bond acceptors (Lipinski definition) is 2. The van der Waals surface area contributed by atoms with Gasteiger partial charge < -0.3 is 10.2 Å². The molecule has 1 aliphatic heterocycles. The zero-order valence-corrected chi connectivity index (χ0v) is 13.6. The Morgan fingerprint density at radius 3 is 2.39 bits per heavy atom. The maximum absolute atomic E-state index is 13.3. The topological polar surface area (TPSA) is 15.3 Å². The third-order valence-electron chi connectivity index (χ3n) is 5.86. The fourth-order valence-electron chi connectivity index (χ4n) is 3.92. The Hall–Kier alpha value is -1.00. The van der Waals surface area contributed by atoms with Crippen molar-refractivity contribution in [3.63, 3.8) is 0 Å². The summed E-state index contributed by atoms with van der Waals surface area (Å²) < 4.78 is 26.5. The first kappa shape index (κ1) is 15.5. The van der Waals surface area contributed by atoms with Gasteiger partial charge in [-0.2, -0.15) is 0 Å². The maximum atomic E-state index is 13.3. The van der Waals surface area contributed by atoms with Gasteiger partial charge in [-0.05, 0) is 30.2 Å². The molecule has 1 N–H and O–H groups in total. The van der Waals surface area contributed by atoms with Crippen LogP contribution < -0.4 is 5.32 Å². The number of alkyl halides is 2. The number of piperidine rings is 1. The first-order chi connectivity index (χ1) is 11.1. The van der Waals surface area contributed by atoms with Crippen molar-refractivity contribution in [3.05, 3.63) is 35.9 Å². The van der Waals surface area contributed by atoms with E-state index in [1.54, 1.807) is 0 Å². The van der Waals surface area contributed by atoms with Crippen LogP contribution in [0.1, 0.15) is 43.6 Å². The number of likely N-dealkylation sites (tertiary alicyclic amines) is 1. The zero-order chi connectivity index (χ0) is 15.9. The smallest absolute Gasteiger partial charge is 0.250 e. The van der Waals surface area contributed by atoms with Crippen LogP contribution >= 0.6 is 0 Å². The van der Waals surface area contributed by atoms with Crippen molar-refractivity contribution in [2.45, 2.75) is 50.0 Å². The Labute approximate surface area is 137 Å². The van der Waals surface area contributed by atoms with E-state index in [9.17, 15) is 8.78 Å². The molecule has 1 aromatic rings. The molecule has 0 radical (unpaired) electrons. The second kappa shape index (κ2) is 5.82. The minimum absolute atomic E-state index is 0.0369. The summed E-state index contributed by atoms with van der Waals surface area (Å²) in [7, 11) is 0. The molecule has 4 heteroatoms. The van der Waals surface area contributed by atoms with E-state index in [2.05, 4.69) is 40.5 Å². The van der Waals surface area contributed by atoms with Crippen LogP contribution in [-0.2, 0) is 0 Å². The van der Waals surface area contributed by atoms with Gasteiger partial charge in [0.2, 0.25) is 0 Å². The van der Waals surface area contributed by atoms with Gasteiger partial charge >= 0.3 is 0 Å². The number of benzene rings is 1. The molecule has 0 unspecified atom stereocenters. The second-order valence-corrected chi connectivity index (χ2v) is 7.87. The highest BCUT2D eigenvalue weighted by Crippen LogP contribution is 2.48. The average Bonchev–Trinajstić information content (AvgIpc) is 3.45. The Balaban J connectivity index is 1.23. The first-order valence-electron chi connectivity index (χ1n) is 8.94. The number of rotatable bonds is 6. The van der Waals surface area contributed by atoms with Crippen LogP contribution in [0.2, 0.25) is 0 Å². The van der Waals surface area contributed by atoms with Crippen LogP contribution in [-0.4, -0.2) is 43.0 Å². The lowest BCUT2D eigenvalue weighted by atomic mass is 10.0. The largest absolute Gasteiger partial charge is 0.313 e. The van der Waals surface area contributed by atoms with Gasteiger partial charge in [0.15, 0.2) is 0 Å². The molecule has 126 valence electrons. The van der Waals surface area contributed by atoms with Gasteiger partial charge in [-0.1, -0.05) is 30.3 Å². The Morgan fingerprint density at radius 2 is 1.74 bits per heavy atom. The van der Waals surface area contributed by atoms with Crippen molar-refractivity contribution in [1.29, 1.82) is 0 Å². The van der Waals surface area contributed by atoms with Crippen molar-refractivity contribution in [2.24, 2.45) is 5.41 Å². The van der Waals surface area contributed by atoms with E-state index in [-0.39, 0.29) is 12.8 Å². The minimum atomic E-state index is -2.43. The van der Waals surface area contributed by atoms with Gasteiger partial charge in [0.25, 0.3) is 5.92 Å². The molecule has 2 aliphatic carbocycles. The quantitative estimate of drug-likeness (QED) is 0.861. The van der Waals surface area contributed by atoms with Crippen LogP contribution in [0.15, 0.2) is 30.3 Å². The van der Waals surface area contributed by atoms with Gasteiger partial charge in [0.1, 0.15) is 0 Å². The SMILES string of the molecule is FC1(F)CCN(CC2(CN[C@H]3C[C@@H]3c3ccccc3)CC2)CC1. The van der Waals surface area contributed by atoms with E-state index in [1.165, 1.54) is 24.8 Å². The molecule has 23 heavy (non-hydrogen) atoms. The number of hydrogen-bond donors (Lipinski definition) is 1. The lowest BCUT2D eigenvalue weighted by Gasteiger charge is -2.34. The highest BCUT2D eigenvalue weighted by atomic mass is 19.3. The standard InChI is InChI=1S/C19H26F2N2/c20-19(21)8-10-23(11-9-19)14-18(6-7-18)13-22-17-12-16(17)15-4-2-1-3-5-15/h1-5,16-17,22H,6-14H2/t16-,17+/m1/s1. The summed E-state index contributed by atoms with van der Waals surface area (Å²) in [5.41, 5.74) is 1.80. The first-order valence-corrected chi connectivity index (χ1v) is 8.94. The third-order valence-corrected chi connectivity index (χ3v) is 5.86. The average molecular weight is 320 g/mol. The van der Waals surface area contributed by atoms with Gasteiger partial charge in [0.05, 0.1) is 0 Å². The molecule has 1 aromatic carbocycles. The molecular formula is C19H26F2N2. The number of halogens is 2. The molecule has 3 aliphatic rings. The molecule has 2 nitrogen and oxygen atoms in total. The van der Waals surface area contributed by atoms with E-state index in [0.29, 0.717) is 30.5 Å². The predicted octanol–water partition coefficient (Wildman–Crippen LogP) is 3.64. The van der Waals surface area contributed by atoms with Crippen LogP contribution in [0.4, 0.5) is 8.78 Å². The summed E-state index contributed by atoms with van der Waals surface area (Å²) in [4.78, 5) is 2.26. The van der Waals surface area contributed by atoms with Crippen molar-refractivity contribution < 1.29 is 8.78 Å². The van der Waals surface area contributed by atoms with Gasteiger partial charge in [-0.3, -0.25) is 0 Å². The van der Waals surface area contributed by atoms with Crippen molar-refractivity contribution in [3.8, 4) is 0 Å². The Kier molecular flexibility index (Phi) is 3.93. The van der Waals surface area contributed by atoms with Crippen LogP contribution in [0.5, 0.6) is 0 Å². The number of nitrogens with one attached hydrogen (secondary N) is 1. The highest BCUT2D eigenvalue weighted by molar-refractivity contribution is 5.27. The summed E-state index contributed by atoms with van der Waals surface area (Å²) >= 11 is 0. The monoisotopic (exact) mass is 320 g/mol. The van der Waals surface area contributed by atoms with E-state index >= 15 is 0 Å². The summed E-state index contributed by atoms with van der Waals surface area (Å²) in [6.45, 7) is 3.17. The van der Waals surface area contributed by atoms with E-state index in [4.69, 9.17) is 0 Å². The van der Waals surface area contributed by atoms with E-state index < -0.39 is 5.92 Å². The molecule has 4 rings (SSSR count). The minimum Gasteiger partial charge on any atom is -0.313 e. The summed E-state index contributed by atoms with van der Waals surface area (Å²) in [6, 6.07) is 11.3. The van der Waals surface area contributed by atoms with Gasteiger partial charge in [0, 0.05) is 51.0 Å². The summed E-state index contributed by atoms with van der Waals surface area (Å²) in [5, 5.41) is 3.74. The fourth-order valence-corrected chi connectivity index (χ4v) is 3.92. The molecule has 1 saturated heterocycles. The molecule has 0 spiro atoms. The summed E-state index contributed by atoms with van der Waals surface area (Å²) in [6.07, 6.45) is 3.80. The molecule has 1 heterocycles. The lowest BCUT2D eigenvalue weighted by molar-refractivity contribution is -0.0580. The fraction of sp³-hybridized carbons (Fsp3) is 0.684. The number of nitrogens with zero attached hydrogens (tertiary/aromatic N) is 1. The molecule has 0 aromatic heterocycles. The molecule has 0 amide bonds. The van der Waals surface area contributed by atoms with Crippen molar-refractivity contribution in [2.75, 3.05) is 26.2 Å². The highest BCUT2D eigenvalue weighted by Gasteiger charge is 2.47. The predicted molar refractivity (Wildman–Crippen MR) is 87.9 cm³/mol. The van der Waals surface area contributed by atoms with Crippen molar-refractivity contribution >= 4 is 0 Å². The van der Waals surface area contributed by atoms with Gasteiger partial charge in [-0.25, -0.2) is 8.78 Å². The molecule has 2 atom stereocenters. The van der Waals surface area contributed by atoms with Crippen molar-refractivity contribution in [1.82, 2.24) is 10.2 Å². The molecule has 2 saturated carbocycles. The van der Waals surface area contributed by atoms with E-state index in [0.717, 1.165) is 13.1 Å². The third kappa shape index (κ3) is 3.74. The van der Waals surface area contributed by atoms with Gasteiger partial charge in [-0.15, -0.1) is 0 Å². The van der Waals surface area contributed by atoms with E-state index in [1.807, 2.05) is 0 Å². The lowest BCUT2D eigenvalue weighted by Crippen LogP contribution is -2.44. The zero-order valence-electron chi connectivity index (χ0n) is 13.6. The Morgan fingerprint density at radius 1 is 1.04 bits per heavy atom. The molecule has 3 fully saturated rings. The Bertz CT molecular complexity index is 532.